The van der Waals surface area contributed by atoms with E-state index >= 15 is 0 Å². The molecule has 1 unspecified atom stereocenters. The summed E-state index contributed by atoms with van der Waals surface area (Å²) in [5, 5.41) is 10.1. The lowest BCUT2D eigenvalue weighted by Gasteiger charge is -2.23. The number of benzene rings is 1. The van der Waals surface area contributed by atoms with Gasteiger partial charge in [0.1, 0.15) is 5.75 Å². The van der Waals surface area contributed by atoms with Gasteiger partial charge in [-0.2, -0.15) is 8.78 Å². The Morgan fingerprint density at radius 2 is 2.04 bits per heavy atom. The van der Waals surface area contributed by atoms with Crippen molar-refractivity contribution < 1.29 is 13.5 Å². The Morgan fingerprint density at radius 3 is 2.70 bits per heavy atom. The van der Waals surface area contributed by atoms with Crippen LogP contribution in [0.2, 0.25) is 0 Å². The van der Waals surface area contributed by atoms with Gasteiger partial charge in [0, 0.05) is 44.8 Å². The monoisotopic (exact) mass is 383 g/mol. The minimum absolute atomic E-state index is 0.0816. The molecule has 1 heterocycles. The zero-order chi connectivity index (χ0) is 19.9. The van der Waals surface area contributed by atoms with E-state index in [0.717, 1.165) is 32.0 Å². The summed E-state index contributed by atoms with van der Waals surface area (Å²) in [4.78, 5) is 6.32. The molecule has 0 aliphatic carbocycles. The molecule has 0 saturated carbocycles. The second kappa shape index (κ2) is 9.73. The molecule has 27 heavy (non-hydrogen) atoms. The van der Waals surface area contributed by atoms with Crippen LogP contribution in [0.4, 0.5) is 14.5 Å². The molecule has 3 N–H and O–H groups in total. The average molecular weight is 383 g/mol. The fourth-order valence-corrected chi connectivity index (χ4v) is 3.02. The van der Waals surface area contributed by atoms with Crippen molar-refractivity contribution in [3.63, 3.8) is 0 Å². The molecule has 0 spiro atoms. The highest BCUT2D eigenvalue weighted by Crippen LogP contribution is 2.31. The lowest BCUT2D eigenvalue weighted by atomic mass is 10.1. The maximum atomic E-state index is 12.6. The van der Waals surface area contributed by atoms with Crippen LogP contribution >= 0.6 is 0 Å². The number of rotatable bonds is 7. The maximum Gasteiger partial charge on any atom is 0.387 e. The van der Waals surface area contributed by atoms with E-state index in [-0.39, 0.29) is 17.3 Å². The van der Waals surface area contributed by atoms with E-state index in [2.05, 4.69) is 51.4 Å². The molecule has 1 atom stereocenters. The summed E-state index contributed by atoms with van der Waals surface area (Å²) in [7, 11) is 1.74. The molecule has 1 aromatic rings. The van der Waals surface area contributed by atoms with Crippen LogP contribution in [-0.4, -0.2) is 57.4 Å². The van der Waals surface area contributed by atoms with Gasteiger partial charge in [-0.3, -0.25) is 4.99 Å². The van der Waals surface area contributed by atoms with Crippen molar-refractivity contribution in [2.24, 2.45) is 4.99 Å². The summed E-state index contributed by atoms with van der Waals surface area (Å²) in [6.45, 7) is 6.62. The van der Waals surface area contributed by atoms with Crippen LogP contribution < -0.4 is 25.6 Å². The Kier molecular flexibility index (Phi) is 7.65. The van der Waals surface area contributed by atoms with Gasteiger partial charge in [0.15, 0.2) is 5.96 Å². The van der Waals surface area contributed by atoms with Gasteiger partial charge >= 0.3 is 6.61 Å². The van der Waals surface area contributed by atoms with Crippen molar-refractivity contribution >= 4 is 11.6 Å². The van der Waals surface area contributed by atoms with Gasteiger partial charge in [0.05, 0.1) is 5.69 Å². The number of nitrogens with zero attached hydrogens (tertiary/aromatic N) is 2. The Morgan fingerprint density at radius 1 is 1.30 bits per heavy atom. The van der Waals surface area contributed by atoms with Crippen LogP contribution in [0.3, 0.4) is 0 Å². The normalized spacial score (nSPS) is 18.1. The van der Waals surface area contributed by atoms with Crippen LogP contribution in [0.15, 0.2) is 29.3 Å². The third-order valence-electron chi connectivity index (χ3n) is 4.25. The highest BCUT2D eigenvalue weighted by atomic mass is 19.3. The SMILES string of the molecule is CN=C(NCCNC(C)(C)C)NC1CCN(c2ccccc2OC(F)F)C1. The first-order valence-corrected chi connectivity index (χ1v) is 9.29. The van der Waals surface area contributed by atoms with E-state index < -0.39 is 6.61 Å². The number of aliphatic imine (C=N–C) groups is 1. The standard InChI is InChI=1S/C19H31F2N5O/c1-19(2,3)24-11-10-23-18(22-4)25-14-9-12-26(13-14)15-7-5-6-8-16(15)27-17(20)21/h5-8,14,17,24H,9-13H2,1-4H3,(H2,22,23,25). The minimum atomic E-state index is -2.83. The van der Waals surface area contributed by atoms with E-state index in [1.807, 2.05) is 12.1 Å². The van der Waals surface area contributed by atoms with E-state index in [4.69, 9.17) is 0 Å². The topological polar surface area (TPSA) is 60.9 Å². The molecule has 0 amide bonds. The van der Waals surface area contributed by atoms with E-state index in [1.165, 1.54) is 0 Å². The number of hydrogen-bond donors (Lipinski definition) is 3. The molecular formula is C19H31F2N5O. The van der Waals surface area contributed by atoms with Gasteiger partial charge in [0.25, 0.3) is 0 Å². The van der Waals surface area contributed by atoms with Gasteiger partial charge in [-0.05, 0) is 39.3 Å². The third kappa shape index (κ3) is 7.21. The Balaban J connectivity index is 1.85. The zero-order valence-electron chi connectivity index (χ0n) is 16.6. The number of anilines is 1. The first kappa shape index (κ1) is 21.2. The smallest absolute Gasteiger partial charge is 0.387 e. The average Bonchev–Trinajstić information content (AvgIpc) is 3.05. The maximum absolute atomic E-state index is 12.6. The van der Waals surface area contributed by atoms with Gasteiger partial charge in [-0.15, -0.1) is 0 Å². The van der Waals surface area contributed by atoms with Crippen molar-refractivity contribution in [2.75, 3.05) is 38.1 Å². The van der Waals surface area contributed by atoms with Gasteiger partial charge in [-0.25, -0.2) is 0 Å². The van der Waals surface area contributed by atoms with E-state index in [1.54, 1.807) is 19.2 Å². The molecular weight excluding hydrogens is 352 g/mol. The summed E-state index contributed by atoms with van der Waals surface area (Å²) >= 11 is 0. The molecule has 152 valence electrons. The molecule has 1 fully saturated rings. The second-order valence-corrected chi connectivity index (χ2v) is 7.60. The quantitative estimate of drug-likeness (QED) is 0.384. The molecule has 1 saturated heterocycles. The fraction of sp³-hybridized carbons (Fsp3) is 0.632. The molecule has 0 bridgehead atoms. The Labute approximate surface area is 160 Å². The summed E-state index contributed by atoms with van der Waals surface area (Å²) < 4.78 is 29.9. The summed E-state index contributed by atoms with van der Waals surface area (Å²) in [6.07, 6.45) is 0.893. The number of guanidine groups is 1. The predicted molar refractivity (Wildman–Crippen MR) is 106 cm³/mol. The minimum Gasteiger partial charge on any atom is -0.433 e. The lowest BCUT2D eigenvalue weighted by Crippen LogP contribution is -2.47. The van der Waals surface area contributed by atoms with Crippen molar-refractivity contribution in [3.05, 3.63) is 24.3 Å². The molecule has 6 nitrogen and oxygen atoms in total. The molecule has 2 rings (SSSR count). The summed E-state index contributed by atoms with van der Waals surface area (Å²) in [5.74, 6) is 0.957. The van der Waals surface area contributed by atoms with E-state index in [0.29, 0.717) is 12.2 Å². The number of para-hydroxylation sites is 2. The summed E-state index contributed by atoms with van der Waals surface area (Å²) in [6, 6.07) is 7.10. The molecule has 8 heteroatoms. The molecule has 0 radical (unpaired) electrons. The third-order valence-corrected chi connectivity index (χ3v) is 4.25. The number of halogens is 2. The Hall–Kier alpha value is -2.09. The molecule has 0 aromatic heterocycles. The Bertz CT molecular complexity index is 618. The van der Waals surface area contributed by atoms with Crippen LogP contribution in [0.25, 0.3) is 0 Å². The highest BCUT2D eigenvalue weighted by Gasteiger charge is 2.26. The van der Waals surface area contributed by atoms with Crippen LogP contribution in [0.5, 0.6) is 5.75 Å². The van der Waals surface area contributed by atoms with Crippen molar-refractivity contribution in [1.29, 1.82) is 0 Å². The van der Waals surface area contributed by atoms with E-state index in [9.17, 15) is 8.78 Å². The van der Waals surface area contributed by atoms with Gasteiger partial charge in [-0.1, -0.05) is 12.1 Å². The number of alkyl halides is 2. The van der Waals surface area contributed by atoms with Crippen molar-refractivity contribution in [2.45, 2.75) is 45.4 Å². The molecule has 1 aliphatic heterocycles. The lowest BCUT2D eigenvalue weighted by molar-refractivity contribution is -0.0495. The highest BCUT2D eigenvalue weighted by molar-refractivity contribution is 5.80. The summed E-state index contributed by atoms with van der Waals surface area (Å²) in [5.41, 5.74) is 0.776. The number of nitrogens with one attached hydrogen (secondary N) is 3. The number of ether oxygens (including phenoxy) is 1. The largest absolute Gasteiger partial charge is 0.433 e. The van der Waals surface area contributed by atoms with Gasteiger partial charge < -0.3 is 25.6 Å². The number of hydrogen-bond acceptors (Lipinski definition) is 4. The molecule has 1 aliphatic rings. The molecule has 1 aromatic carbocycles. The van der Waals surface area contributed by atoms with Crippen molar-refractivity contribution in [1.82, 2.24) is 16.0 Å². The first-order valence-electron chi connectivity index (χ1n) is 9.29. The second-order valence-electron chi connectivity index (χ2n) is 7.60. The first-order chi connectivity index (χ1) is 12.8. The fourth-order valence-electron chi connectivity index (χ4n) is 3.02. The predicted octanol–water partition coefficient (Wildman–Crippen LogP) is 2.42. The van der Waals surface area contributed by atoms with Crippen LogP contribution in [0, 0.1) is 0 Å². The zero-order valence-corrected chi connectivity index (χ0v) is 16.6. The van der Waals surface area contributed by atoms with Crippen LogP contribution in [-0.2, 0) is 0 Å². The van der Waals surface area contributed by atoms with Gasteiger partial charge in [0.2, 0.25) is 0 Å². The van der Waals surface area contributed by atoms with Crippen molar-refractivity contribution in [3.8, 4) is 5.75 Å². The van der Waals surface area contributed by atoms with Crippen LogP contribution in [0.1, 0.15) is 27.2 Å².